The van der Waals surface area contributed by atoms with Crippen molar-refractivity contribution >= 4 is 11.9 Å². The van der Waals surface area contributed by atoms with Crippen LogP contribution in [0.1, 0.15) is 20.3 Å². The van der Waals surface area contributed by atoms with Crippen LogP contribution in [-0.2, 0) is 9.59 Å². The van der Waals surface area contributed by atoms with E-state index >= 15 is 0 Å². The molecule has 3 N–H and O–H groups in total. The minimum atomic E-state index is -1.96. The molecule has 2 unspecified atom stereocenters. The van der Waals surface area contributed by atoms with Crippen LogP contribution in [0.15, 0.2) is 0 Å². The molecule has 0 saturated heterocycles. The van der Waals surface area contributed by atoms with Crippen molar-refractivity contribution in [3.63, 3.8) is 0 Å². The van der Waals surface area contributed by atoms with Crippen molar-refractivity contribution in [3.05, 3.63) is 0 Å². The summed E-state index contributed by atoms with van der Waals surface area (Å²) in [7, 11) is 0. The Morgan fingerprint density at radius 3 is 2.08 bits per heavy atom. The van der Waals surface area contributed by atoms with Gasteiger partial charge in [0, 0.05) is 0 Å². The van der Waals surface area contributed by atoms with E-state index in [4.69, 9.17) is 15.3 Å². The van der Waals surface area contributed by atoms with Gasteiger partial charge in [0.25, 0.3) is 0 Å². The van der Waals surface area contributed by atoms with Crippen molar-refractivity contribution in [1.29, 1.82) is 0 Å². The molecule has 0 saturated carbocycles. The van der Waals surface area contributed by atoms with Crippen molar-refractivity contribution in [2.24, 2.45) is 5.92 Å². The summed E-state index contributed by atoms with van der Waals surface area (Å²) >= 11 is 0. The van der Waals surface area contributed by atoms with Crippen LogP contribution in [0.5, 0.6) is 0 Å². The van der Waals surface area contributed by atoms with Gasteiger partial charge in [-0.1, -0.05) is 6.92 Å². The van der Waals surface area contributed by atoms with Gasteiger partial charge < -0.3 is 15.3 Å². The summed E-state index contributed by atoms with van der Waals surface area (Å²) in [6, 6.07) is 0. The fourth-order valence-electron chi connectivity index (χ4n) is 0.771. The third kappa shape index (κ3) is 2.87. The number of hydrogen-bond acceptors (Lipinski definition) is 3. The van der Waals surface area contributed by atoms with Crippen LogP contribution in [-0.4, -0.2) is 32.9 Å². The largest absolute Gasteiger partial charge is 0.481 e. The maximum absolute atomic E-state index is 10.3. The van der Waals surface area contributed by atoms with Gasteiger partial charge in [0.2, 0.25) is 0 Å². The standard InChI is InChI=1S/C7H12O5/c1-4(5(8)9)3-7(2,12)6(10)11/h4,12H,3H2,1-2H3,(H,8,9)(H,10,11). The molecule has 12 heavy (non-hydrogen) atoms. The maximum atomic E-state index is 10.3. The first-order valence-corrected chi connectivity index (χ1v) is 3.46. The zero-order valence-electron chi connectivity index (χ0n) is 6.94. The molecule has 70 valence electrons. The first kappa shape index (κ1) is 10.9. The van der Waals surface area contributed by atoms with Crippen LogP contribution in [0, 0.1) is 5.92 Å². The van der Waals surface area contributed by atoms with E-state index in [1.165, 1.54) is 6.92 Å². The molecule has 0 radical (unpaired) electrons. The number of carboxylic acids is 2. The topological polar surface area (TPSA) is 94.8 Å². The number of rotatable bonds is 4. The van der Waals surface area contributed by atoms with Gasteiger partial charge in [-0.15, -0.1) is 0 Å². The van der Waals surface area contributed by atoms with E-state index in [9.17, 15) is 9.59 Å². The predicted octanol–water partition coefficient (Wildman–Crippen LogP) is -0.0672. The van der Waals surface area contributed by atoms with Crippen molar-refractivity contribution in [1.82, 2.24) is 0 Å². The van der Waals surface area contributed by atoms with Crippen molar-refractivity contribution in [2.75, 3.05) is 0 Å². The van der Waals surface area contributed by atoms with Crippen molar-refractivity contribution in [3.8, 4) is 0 Å². The molecule has 0 aliphatic heterocycles. The molecular weight excluding hydrogens is 164 g/mol. The van der Waals surface area contributed by atoms with Crippen LogP contribution in [0.2, 0.25) is 0 Å². The highest BCUT2D eigenvalue weighted by Crippen LogP contribution is 2.16. The van der Waals surface area contributed by atoms with Crippen molar-refractivity contribution in [2.45, 2.75) is 25.9 Å². The minimum Gasteiger partial charge on any atom is -0.481 e. The number of carboxylic acid groups (broad SMARTS) is 2. The van der Waals surface area contributed by atoms with Gasteiger partial charge in [-0.25, -0.2) is 4.79 Å². The zero-order chi connectivity index (χ0) is 9.94. The Morgan fingerprint density at radius 2 is 1.83 bits per heavy atom. The lowest BCUT2D eigenvalue weighted by molar-refractivity contribution is -0.160. The predicted molar refractivity (Wildman–Crippen MR) is 39.7 cm³/mol. The summed E-state index contributed by atoms with van der Waals surface area (Å²) < 4.78 is 0. The van der Waals surface area contributed by atoms with Crippen molar-refractivity contribution < 1.29 is 24.9 Å². The summed E-state index contributed by atoms with van der Waals surface area (Å²) in [5, 5.41) is 26.0. The maximum Gasteiger partial charge on any atom is 0.335 e. The number of aliphatic hydroxyl groups is 1. The van der Waals surface area contributed by atoms with E-state index in [1.54, 1.807) is 0 Å². The minimum absolute atomic E-state index is 0.294. The molecule has 0 aliphatic carbocycles. The molecule has 2 atom stereocenters. The number of aliphatic carboxylic acids is 2. The first-order chi connectivity index (χ1) is 5.27. The van der Waals surface area contributed by atoms with Crippen LogP contribution in [0.3, 0.4) is 0 Å². The summed E-state index contributed by atoms with van der Waals surface area (Å²) in [5.41, 5.74) is -1.96. The third-order valence-corrected chi connectivity index (χ3v) is 1.59. The second-order valence-corrected chi connectivity index (χ2v) is 3.02. The lowest BCUT2D eigenvalue weighted by Gasteiger charge is -2.19. The Kier molecular flexibility index (Phi) is 3.21. The van der Waals surface area contributed by atoms with Gasteiger partial charge >= 0.3 is 11.9 Å². The van der Waals surface area contributed by atoms with Crippen LogP contribution >= 0.6 is 0 Å². The Morgan fingerprint density at radius 1 is 1.42 bits per heavy atom. The van der Waals surface area contributed by atoms with E-state index in [1.807, 2.05) is 0 Å². The molecule has 0 bridgehead atoms. The molecule has 0 aromatic carbocycles. The second-order valence-electron chi connectivity index (χ2n) is 3.02. The van der Waals surface area contributed by atoms with Gasteiger partial charge in [0.1, 0.15) is 0 Å². The molecule has 0 spiro atoms. The Labute approximate surface area is 69.6 Å². The third-order valence-electron chi connectivity index (χ3n) is 1.59. The molecule has 5 nitrogen and oxygen atoms in total. The molecule has 0 aromatic heterocycles. The summed E-state index contributed by atoms with van der Waals surface area (Å²) in [6.45, 7) is 2.43. The lowest BCUT2D eigenvalue weighted by atomic mass is 9.93. The molecule has 0 heterocycles. The SMILES string of the molecule is CC(CC(C)(O)C(=O)O)C(=O)O. The van der Waals surface area contributed by atoms with Crippen LogP contribution in [0.25, 0.3) is 0 Å². The quantitative estimate of drug-likeness (QED) is 0.557. The Hall–Kier alpha value is -1.10. The monoisotopic (exact) mass is 176 g/mol. The zero-order valence-corrected chi connectivity index (χ0v) is 6.94. The highest BCUT2D eigenvalue weighted by molar-refractivity contribution is 5.78. The van der Waals surface area contributed by atoms with E-state index in [2.05, 4.69) is 0 Å². The summed E-state index contributed by atoms with van der Waals surface area (Å²) in [4.78, 5) is 20.6. The van der Waals surface area contributed by atoms with Gasteiger partial charge in [-0.05, 0) is 13.3 Å². The summed E-state index contributed by atoms with van der Waals surface area (Å²) in [5.74, 6) is -3.39. The average molecular weight is 176 g/mol. The van der Waals surface area contributed by atoms with Crippen LogP contribution < -0.4 is 0 Å². The number of hydrogen-bond donors (Lipinski definition) is 3. The molecule has 0 aromatic rings. The molecule has 0 fully saturated rings. The number of carbonyl (C=O) groups is 2. The van der Waals surface area contributed by atoms with Gasteiger partial charge in [-0.3, -0.25) is 4.79 Å². The van der Waals surface area contributed by atoms with E-state index in [0.29, 0.717) is 0 Å². The fourth-order valence-corrected chi connectivity index (χ4v) is 0.771. The lowest BCUT2D eigenvalue weighted by Crippen LogP contribution is -2.38. The smallest absolute Gasteiger partial charge is 0.335 e. The summed E-state index contributed by atoms with van der Waals surface area (Å²) in [6.07, 6.45) is -0.294. The molecule has 0 rings (SSSR count). The highest BCUT2D eigenvalue weighted by atomic mass is 16.4. The average Bonchev–Trinajstić information content (AvgIpc) is 1.85. The first-order valence-electron chi connectivity index (χ1n) is 3.46. The van der Waals surface area contributed by atoms with Gasteiger partial charge in [0.15, 0.2) is 5.60 Å². The van der Waals surface area contributed by atoms with Gasteiger partial charge in [0.05, 0.1) is 5.92 Å². The van der Waals surface area contributed by atoms with E-state index in [0.717, 1.165) is 6.92 Å². The normalized spacial score (nSPS) is 17.9. The Bertz CT molecular complexity index is 196. The highest BCUT2D eigenvalue weighted by Gasteiger charge is 2.33. The molecule has 0 amide bonds. The Balaban J connectivity index is 4.24. The molecule has 5 heteroatoms. The fraction of sp³-hybridized carbons (Fsp3) is 0.714. The van der Waals surface area contributed by atoms with Gasteiger partial charge in [-0.2, -0.15) is 0 Å². The second kappa shape index (κ2) is 3.53. The van der Waals surface area contributed by atoms with E-state index in [-0.39, 0.29) is 6.42 Å². The molecular formula is C7H12O5. The van der Waals surface area contributed by atoms with Crippen LogP contribution in [0.4, 0.5) is 0 Å². The molecule has 0 aliphatic rings. The van der Waals surface area contributed by atoms with E-state index < -0.39 is 23.5 Å².